The summed E-state index contributed by atoms with van der Waals surface area (Å²) in [6, 6.07) is 14.2. The largest absolute Gasteiger partial charge is 0.489 e. The lowest BCUT2D eigenvalue weighted by Gasteiger charge is -2.27. The van der Waals surface area contributed by atoms with Crippen LogP contribution in [0.5, 0.6) is 5.75 Å². The lowest BCUT2D eigenvalue weighted by molar-refractivity contribution is 0.304. The quantitative estimate of drug-likeness (QED) is 0.814. The molecule has 1 heterocycles. The van der Waals surface area contributed by atoms with Crippen LogP contribution in [0.2, 0.25) is 5.02 Å². The molecule has 0 amide bonds. The van der Waals surface area contributed by atoms with Crippen LogP contribution in [0.4, 0.5) is 0 Å². The minimum atomic E-state index is 0.563. The maximum absolute atomic E-state index is 5.99. The predicted octanol–water partition coefficient (Wildman–Crippen LogP) is 3.54. The third-order valence-corrected chi connectivity index (χ3v) is 4.46. The normalized spacial score (nSPS) is 14.5. The summed E-state index contributed by atoms with van der Waals surface area (Å²) in [4.78, 5) is 0. The van der Waals surface area contributed by atoms with Gasteiger partial charge in [-0.3, -0.25) is 0 Å². The van der Waals surface area contributed by atoms with Gasteiger partial charge in [-0.05, 0) is 53.8 Å². The van der Waals surface area contributed by atoms with E-state index in [0.717, 1.165) is 54.0 Å². The molecule has 2 aromatic carbocycles. The Kier molecular flexibility index (Phi) is 5.55. The molecule has 1 aliphatic rings. The molecule has 0 bridgehead atoms. The Morgan fingerprint density at radius 2 is 2.09 bits per heavy atom. The van der Waals surface area contributed by atoms with Crippen molar-refractivity contribution >= 4 is 11.6 Å². The van der Waals surface area contributed by atoms with E-state index in [1.165, 1.54) is 5.56 Å². The van der Waals surface area contributed by atoms with Gasteiger partial charge >= 0.3 is 0 Å². The Hall–Kier alpha value is -1.55. The average Bonchev–Trinajstić information content (AvgIpc) is 2.49. The van der Waals surface area contributed by atoms with Crippen LogP contribution in [-0.2, 0) is 13.2 Å². The summed E-state index contributed by atoms with van der Waals surface area (Å²) < 4.78 is 5.93. The Bertz CT molecular complexity index is 656. The highest BCUT2D eigenvalue weighted by Gasteiger charge is 2.15. The van der Waals surface area contributed by atoms with Crippen LogP contribution in [0.1, 0.15) is 16.7 Å². The third-order valence-electron chi connectivity index (χ3n) is 4.23. The highest BCUT2D eigenvalue weighted by Crippen LogP contribution is 2.19. The van der Waals surface area contributed by atoms with E-state index < -0.39 is 0 Å². The zero-order valence-corrected chi connectivity index (χ0v) is 14.2. The lowest BCUT2D eigenvalue weighted by Crippen LogP contribution is -2.47. The molecule has 0 saturated carbocycles. The van der Waals surface area contributed by atoms with E-state index in [0.29, 0.717) is 6.61 Å². The molecule has 0 aliphatic carbocycles. The highest BCUT2D eigenvalue weighted by molar-refractivity contribution is 6.30. The van der Waals surface area contributed by atoms with Gasteiger partial charge < -0.3 is 15.4 Å². The molecule has 1 aliphatic heterocycles. The van der Waals surface area contributed by atoms with E-state index in [-0.39, 0.29) is 0 Å². The molecule has 0 aromatic heterocycles. The van der Waals surface area contributed by atoms with Crippen LogP contribution in [0.3, 0.4) is 0 Å². The zero-order chi connectivity index (χ0) is 16.1. The van der Waals surface area contributed by atoms with Gasteiger partial charge in [-0.15, -0.1) is 0 Å². The van der Waals surface area contributed by atoms with Crippen molar-refractivity contribution in [2.45, 2.75) is 20.1 Å². The molecule has 0 spiro atoms. The molecule has 0 radical (unpaired) electrons. The van der Waals surface area contributed by atoms with Crippen molar-refractivity contribution in [2.24, 2.45) is 5.92 Å². The van der Waals surface area contributed by atoms with Gasteiger partial charge in [-0.2, -0.15) is 0 Å². The average molecular weight is 331 g/mol. The molecule has 3 nitrogen and oxygen atoms in total. The number of halogens is 1. The molecule has 0 atom stereocenters. The maximum atomic E-state index is 5.99. The van der Waals surface area contributed by atoms with Crippen LogP contribution in [0, 0.1) is 12.8 Å². The molecule has 3 rings (SSSR count). The molecular weight excluding hydrogens is 308 g/mol. The Labute approximate surface area is 143 Å². The van der Waals surface area contributed by atoms with Crippen molar-refractivity contribution < 1.29 is 4.74 Å². The summed E-state index contributed by atoms with van der Waals surface area (Å²) in [6.07, 6.45) is 0. The first-order valence-electron chi connectivity index (χ1n) is 8.09. The second kappa shape index (κ2) is 7.82. The standard InChI is InChI=1S/C19H23ClN2O/c1-14-7-18(20)6-5-17(14)13-23-19-4-2-3-15(8-19)9-21-10-16-11-22-12-16/h2-8,16,21-22H,9-13H2,1H3. The van der Waals surface area contributed by atoms with Crippen molar-refractivity contribution in [2.75, 3.05) is 19.6 Å². The van der Waals surface area contributed by atoms with Crippen LogP contribution in [0.15, 0.2) is 42.5 Å². The highest BCUT2D eigenvalue weighted by atomic mass is 35.5. The number of rotatable bonds is 7. The van der Waals surface area contributed by atoms with Gasteiger partial charge in [0.15, 0.2) is 0 Å². The number of benzene rings is 2. The minimum absolute atomic E-state index is 0.563. The third kappa shape index (κ3) is 4.71. The molecule has 4 heteroatoms. The molecule has 0 unspecified atom stereocenters. The fraction of sp³-hybridized carbons (Fsp3) is 0.368. The molecule has 2 N–H and O–H groups in total. The van der Waals surface area contributed by atoms with Crippen molar-refractivity contribution in [1.82, 2.24) is 10.6 Å². The lowest BCUT2D eigenvalue weighted by atomic mass is 10.0. The first kappa shape index (κ1) is 16.3. The zero-order valence-electron chi connectivity index (χ0n) is 13.4. The number of aryl methyl sites for hydroxylation is 1. The molecule has 1 saturated heterocycles. The molecule has 122 valence electrons. The number of hydrogen-bond acceptors (Lipinski definition) is 3. The Morgan fingerprint density at radius 3 is 2.83 bits per heavy atom. The van der Waals surface area contributed by atoms with Gasteiger partial charge in [0.1, 0.15) is 12.4 Å². The molecule has 2 aromatic rings. The summed E-state index contributed by atoms with van der Waals surface area (Å²) in [5, 5.41) is 7.57. The monoisotopic (exact) mass is 330 g/mol. The van der Waals surface area contributed by atoms with Gasteiger partial charge in [0.05, 0.1) is 0 Å². The van der Waals surface area contributed by atoms with Gasteiger partial charge in [-0.1, -0.05) is 29.8 Å². The molecule has 23 heavy (non-hydrogen) atoms. The van der Waals surface area contributed by atoms with Crippen LogP contribution >= 0.6 is 11.6 Å². The fourth-order valence-corrected chi connectivity index (χ4v) is 2.87. The fourth-order valence-electron chi connectivity index (χ4n) is 2.64. The summed E-state index contributed by atoms with van der Waals surface area (Å²) in [7, 11) is 0. The van der Waals surface area contributed by atoms with E-state index >= 15 is 0 Å². The Morgan fingerprint density at radius 1 is 1.22 bits per heavy atom. The van der Waals surface area contributed by atoms with Crippen LogP contribution in [0.25, 0.3) is 0 Å². The van der Waals surface area contributed by atoms with Crippen LogP contribution in [-0.4, -0.2) is 19.6 Å². The molecular formula is C19H23ClN2O. The van der Waals surface area contributed by atoms with Gasteiger partial charge in [-0.25, -0.2) is 0 Å². The van der Waals surface area contributed by atoms with Gasteiger partial charge in [0.25, 0.3) is 0 Å². The SMILES string of the molecule is Cc1cc(Cl)ccc1COc1cccc(CNCC2CNC2)c1. The smallest absolute Gasteiger partial charge is 0.120 e. The summed E-state index contributed by atoms with van der Waals surface area (Å²) >= 11 is 5.99. The van der Waals surface area contributed by atoms with Crippen molar-refractivity contribution in [1.29, 1.82) is 0 Å². The van der Waals surface area contributed by atoms with Crippen molar-refractivity contribution in [3.05, 3.63) is 64.2 Å². The van der Waals surface area contributed by atoms with E-state index in [1.807, 2.05) is 30.3 Å². The van der Waals surface area contributed by atoms with E-state index in [1.54, 1.807) is 0 Å². The van der Waals surface area contributed by atoms with Gasteiger partial charge in [0.2, 0.25) is 0 Å². The second-order valence-corrected chi connectivity index (χ2v) is 6.60. The minimum Gasteiger partial charge on any atom is -0.489 e. The van der Waals surface area contributed by atoms with E-state index in [4.69, 9.17) is 16.3 Å². The summed E-state index contributed by atoms with van der Waals surface area (Å²) in [5.41, 5.74) is 3.57. The van der Waals surface area contributed by atoms with Crippen molar-refractivity contribution in [3.63, 3.8) is 0 Å². The van der Waals surface area contributed by atoms with E-state index in [2.05, 4.69) is 29.7 Å². The summed E-state index contributed by atoms with van der Waals surface area (Å²) in [5.74, 6) is 1.69. The maximum Gasteiger partial charge on any atom is 0.120 e. The van der Waals surface area contributed by atoms with Crippen LogP contribution < -0.4 is 15.4 Å². The first-order valence-corrected chi connectivity index (χ1v) is 8.47. The predicted molar refractivity (Wildman–Crippen MR) is 95.0 cm³/mol. The summed E-state index contributed by atoms with van der Waals surface area (Å²) in [6.45, 7) is 6.84. The first-order chi connectivity index (χ1) is 11.2. The Balaban J connectivity index is 1.52. The van der Waals surface area contributed by atoms with Crippen molar-refractivity contribution in [3.8, 4) is 5.75 Å². The van der Waals surface area contributed by atoms with E-state index in [9.17, 15) is 0 Å². The number of hydrogen-bond donors (Lipinski definition) is 2. The molecule has 1 fully saturated rings. The second-order valence-electron chi connectivity index (χ2n) is 6.16. The topological polar surface area (TPSA) is 33.3 Å². The number of ether oxygens (including phenoxy) is 1. The number of nitrogens with one attached hydrogen (secondary N) is 2. The van der Waals surface area contributed by atoms with Gasteiger partial charge in [0, 0.05) is 31.2 Å².